The molecule has 142 valence electrons. The smallest absolute Gasteiger partial charge is 0.410 e. The van der Waals surface area contributed by atoms with Gasteiger partial charge in [-0.15, -0.1) is 0 Å². The second-order valence-electron chi connectivity index (χ2n) is 6.70. The number of hydrogen-bond acceptors (Lipinski definition) is 5. The molecule has 1 aromatic heterocycles. The molecular formula is C20H24N4O3. The van der Waals surface area contributed by atoms with Crippen LogP contribution in [0.25, 0.3) is 11.0 Å². The van der Waals surface area contributed by atoms with E-state index in [0.29, 0.717) is 37.0 Å². The first-order valence-corrected chi connectivity index (χ1v) is 9.06. The van der Waals surface area contributed by atoms with Gasteiger partial charge < -0.3 is 15.0 Å². The highest BCUT2D eigenvalue weighted by Gasteiger charge is 2.25. The third kappa shape index (κ3) is 4.42. The Hall–Kier alpha value is -2.96. The summed E-state index contributed by atoms with van der Waals surface area (Å²) in [6.45, 7) is 8.68. The maximum Gasteiger partial charge on any atom is 0.410 e. The van der Waals surface area contributed by atoms with Crippen LogP contribution in [0.2, 0.25) is 0 Å². The van der Waals surface area contributed by atoms with Crippen molar-refractivity contribution < 1.29 is 14.3 Å². The number of benzene rings is 1. The number of aryl methyl sites for hydroxylation is 2. The van der Waals surface area contributed by atoms with Gasteiger partial charge in [-0.2, -0.15) is 0 Å². The molecule has 0 spiro atoms. The Morgan fingerprint density at radius 2 is 1.89 bits per heavy atom. The maximum absolute atomic E-state index is 12.6. The maximum atomic E-state index is 12.6. The van der Waals surface area contributed by atoms with E-state index in [0.717, 1.165) is 16.9 Å². The number of fused-ring (bicyclic) bond motifs is 1. The third-order valence-electron chi connectivity index (χ3n) is 4.75. The van der Waals surface area contributed by atoms with E-state index in [-0.39, 0.29) is 24.6 Å². The normalized spacial score (nSPS) is 14.8. The molecule has 27 heavy (non-hydrogen) atoms. The number of carbonyl (C=O) groups is 2. The van der Waals surface area contributed by atoms with Gasteiger partial charge in [-0.25, -0.2) is 14.8 Å². The van der Waals surface area contributed by atoms with Crippen molar-refractivity contribution in [3.8, 4) is 0 Å². The van der Waals surface area contributed by atoms with Gasteiger partial charge in [0, 0.05) is 24.7 Å². The van der Waals surface area contributed by atoms with Crippen molar-refractivity contribution in [2.45, 2.75) is 32.7 Å². The van der Waals surface area contributed by atoms with Gasteiger partial charge in [-0.3, -0.25) is 4.79 Å². The molecule has 2 aromatic rings. The van der Waals surface area contributed by atoms with Crippen LogP contribution < -0.4 is 5.32 Å². The molecule has 1 saturated heterocycles. The second-order valence-corrected chi connectivity index (χ2v) is 6.70. The summed E-state index contributed by atoms with van der Waals surface area (Å²) in [4.78, 5) is 35.1. The van der Waals surface area contributed by atoms with Gasteiger partial charge in [0.1, 0.15) is 6.61 Å². The van der Waals surface area contributed by atoms with Crippen LogP contribution in [0.4, 0.5) is 4.79 Å². The molecule has 0 atom stereocenters. The number of nitrogens with one attached hydrogen (secondary N) is 1. The molecule has 7 heteroatoms. The first kappa shape index (κ1) is 18.8. The minimum Gasteiger partial charge on any atom is -0.445 e. The van der Waals surface area contributed by atoms with Crippen molar-refractivity contribution in [1.29, 1.82) is 0 Å². The summed E-state index contributed by atoms with van der Waals surface area (Å²) in [6.07, 6.45) is 2.60. The third-order valence-corrected chi connectivity index (χ3v) is 4.75. The summed E-state index contributed by atoms with van der Waals surface area (Å²) in [7, 11) is 0. The highest BCUT2D eigenvalue weighted by Crippen LogP contribution is 2.16. The average molecular weight is 368 g/mol. The molecular weight excluding hydrogens is 344 g/mol. The molecule has 1 aliphatic heterocycles. The molecule has 2 amide bonds. The highest BCUT2D eigenvalue weighted by molar-refractivity contribution is 5.97. The fourth-order valence-electron chi connectivity index (χ4n) is 3.07. The number of hydrogen-bond donors (Lipinski definition) is 1. The van der Waals surface area contributed by atoms with Crippen LogP contribution in [0.1, 0.15) is 34.6 Å². The summed E-state index contributed by atoms with van der Waals surface area (Å²) in [6, 6.07) is 5.39. The van der Waals surface area contributed by atoms with Crippen molar-refractivity contribution in [3.05, 3.63) is 47.8 Å². The lowest BCUT2D eigenvalue weighted by atomic mass is 10.0. The minimum absolute atomic E-state index is 0.0301. The Labute approximate surface area is 158 Å². The Bertz CT molecular complexity index is 873. The van der Waals surface area contributed by atoms with E-state index in [2.05, 4.69) is 21.9 Å². The molecule has 0 saturated carbocycles. The predicted octanol–water partition coefficient (Wildman–Crippen LogP) is 2.76. The van der Waals surface area contributed by atoms with Gasteiger partial charge in [0.2, 0.25) is 0 Å². The molecule has 1 N–H and O–H groups in total. The minimum atomic E-state index is -0.335. The Balaban J connectivity index is 1.60. The van der Waals surface area contributed by atoms with E-state index >= 15 is 0 Å². The van der Waals surface area contributed by atoms with Crippen LogP contribution in [0, 0.1) is 13.8 Å². The SMILES string of the molecule is C=CCOC(=O)N1CCC(NC(=O)c2ccc3nc(C)c(C)nc3c2)CC1. The summed E-state index contributed by atoms with van der Waals surface area (Å²) < 4.78 is 5.04. The second kappa shape index (κ2) is 8.16. The first-order valence-electron chi connectivity index (χ1n) is 9.06. The van der Waals surface area contributed by atoms with Crippen LogP contribution in [-0.2, 0) is 4.74 Å². The number of amides is 2. The molecule has 0 radical (unpaired) electrons. The van der Waals surface area contributed by atoms with Crippen LogP contribution in [-0.4, -0.2) is 52.6 Å². The Morgan fingerprint density at radius 3 is 2.56 bits per heavy atom. The average Bonchev–Trinajstić information content (AvgIpc) is 2.67. The molecule has 0 aliphatic carbocycles. The summed E-state index contributed by atoms with van der Waals surface area (Å²) in [5, 5.41) is 3.05. The van der Waals surface area contributed by atoms with Gasteiger partial charge in [-0.1, -0.05) is 12.7 Å². The summed E-state index contributed by atoms with van der Waals surface area (Å²) in [5.41, 5.74) is 3.80. The number of carbonyl (C=O) groups excluding carboxylic acids is 2. The quantitative estimate of drug-likeness (QED) is 0.839. The number of ether oxygens (including phenoxy) is 1. The zero-order valence-corrected chi connectivity index (χ0v) is 15.7. The van der Waals surface area contributed by atoms with E-state index in [1.807, 2.05) is 19.9 Å². The van der Waals surface area contributed by atoms with Crippen LogP contribution >= 0.6 is 0 Å². The number of aromatic nitrogens is 2. The van der Waals surface area contributed by atoms with Crippen molar-refractivity contribution in [1.82, 2.24) is 20.2 Å². The first-order chi connectivity index (χ1) is 13.0. The topological polar surface area (TPSA) is 84.4 Å². The van der Waals surface area contributed by atoms with Crippen LogP contribution in [0.5, 0.6) is 0 Å². The molecule has 3 rings (SSSR count). The predicted molar refractivity (Wildman–Crippen MR) is 103 cm³/mol. The van der Waals surface area contributed by atoms with E-state index in [4.69, 9.17) is 4.74 Å². The van der Waals surface area contributed by atoms with Gasteiger partial charge in [-0.05, 0) is 44.9 Å². The number of nitrogens with zero attached hydrogens (tertiary/aromatic N) is 3. The van der Waals surface area contributed by atoms with Crippen LogP contribution in [0.15, 0.2) is 30.9 Å². The molecule has 1 aliphatic rings. The largest absolute Gasteiger partial charge is 0.445 e. The zero-order chi connectivity index (χ0) is 19.4. The molecule has 2 heterocycles. The molecule has 0 bridgehead atoms. The fraction of sp³-hybridized carbons (Fsp3) is 0.400. The summed E-state index contributed by atoms with van der Waals surface area (Å²) >= 11 is 0. The molecule has 1 aromatic carbocycles. The van der Waals surface area contributed by atoms with Gasteiger partial charge >= 0.3 is 6.09 Å². The lowest BCUT2D eigenvalue weighted by molar-refractivity contribution is 0.0874. The number of piperidine rings is 1. The zero-order valence-electron chi connectivity index (χ0n) is 15.7. The molecule has 7 nitrogen and oxygen atoms in total. The number of likely N-dealkylation sites (tertiary alicyclic amines) is 1. The van der Waals surface area contributed by atoms with Crippen molar-refractivity contribution >= 4 is 23.0 Å². The molecule has 0 unspecified atom stereocenters. The summed E-state index contributed by atoms with van der Waals surface area (Å²) in [5.74, 6) is -0.135. The van der Waals surface area contributed by atoms with E-state index in [1.165, 1.54) is 0 Å². The lowest BCUT2D eigenvalue weighted by Gasteiger charge is -2.31. The highest BCUT2D eigenvalue weighted by atomic mass is 16.6. The van der Waals surface area contributed by atoms with E-state index < -0.39 is 0 Å². The van der Waals surface area contributed by atoms with E-state index in [9.17, 15) is 9.59 Å². The van der Waals surface area contributed by atoms with Gasteiger partial charge in [0.15, 0.2) is 0 Å². The Kier molecular flexibility index (Phi) is 5.69. The number of rotatable bonds is 4. The standard InChI is InChI=1S/C20H24N4O3/c1-4-11-27-20(26)24-9-7-16(8-10-24)23-19(25)15-5-6-17-18(12-15)22-14(3)13(2)21-17/h4-6,12,16H,1,7-11H2,2-3H3,(H,23,25). The lowest BCUT2D eigenvalue weighted by Crippen LogP contribution is -2.46. The van der Waals surface area contributed by atoms with Gasteiger partial charge in [0.25, 0.3) is 5.91 Å². The fourth-order valence-corrected chi connectivity index (χ4v) is 3.07. The van der Waals surface area contributed by atoms with Crippen molar-refractivity contribution in [2.75, 3.05) is 19.7 Å². The monoisotopic (exact) mass is 368 g/mol. The van der Waals surface area contributed by atoms with Crippen LogP contribution in [0.3, 0.4) is 0 Å². The van der Waals surface area contributed by atoms with E-state index in [1.54, 1.807) is 23.1 Å². The van der Waals surface area contributed by atoms with Crippen molar-refractivity contribution in [3.63, 3.8) is 0 Å². The Morgan fingerprint density at radius 1 is 1.22 bits per heavy atom. The van der Waals surface area contributed by atoms with Gasteiger partial charge in [0.05, 0.1) is 22.4 Å². The van der Waals surface area contributed by atoms with Crippen molar-refractivity contribution in [2.24, 2.45) is 0 Å². The molecule has 1 fully saturated rings.